The Morgan fingerprint density at radius 2 is 1.87 bits per heavy atom. The monoisotopic (exact) mass is 308 g/mol. The van der Waals surface area contributed by atoms with Gasteiger partial charge >= 0.3 is 0 Å². The lowest BCUT2D eigenvalue weighted by Crippen LogP contribution is -2.41. The van der Waals surface area contributed by atoms with E-state index in [-0.39, 0.29) is 5.91 Å². The third-order valence-electron chi connectivity index (χ3n) is 3.83. The molecule has 1 saturated heterocycles. The third kappa shape index (κ3) is 4.50. The maximum Gasteiger partial charge on any atom is 0.227 e. The van der Waals surface area contributed by atoms with Gasteiger partial charge in [0.05, 0.1) is 25.3 Å². The van der Waals surface area contributed by atoms with E-state index in [1.807, 2.05) is 59.5 Å². The van der Waals surface area contributed by atoms with Crippen molar-refractivity contribution in [3.63, 3.8) is 0 Å². The number of amides is 1. The molecule has 1 amide bonds. The van der Waals surface area contributed by atoms with Crippen LogP contribution >= 0.6 is 0 Å². The number of hydrogen-bond acceptors (Lipinski definition) is 3. The first kappa shape index (κ1) is 15.4. The van der Waals surface area contributed by atoms with E-state index in [0.717, 1.165) is 16.8 Å². The van der Waals surface area contributed by atoms with Crippen LogP contribution in [0, 0.1) is 0 Å². The highest BCUT2D eigenvalue weighted by Crippen LogP contribution is 2.10. The predicted octanol–water partition coefficient (Wildman–Crippen LogP) is 2.65. The average molecular weight is 308 g/mol. The van der Waals surface area contributed by atoms with Crippen LogP contribution in [0.4, 0.5) is 0 Å². The highest BCUT2D eigenvalue weighted by Gasteiger charge is 2.16. The molecule has 1 aromatic carbocycles. The van der Waals surface area contributed by atoms with Gasteiger partial charge in [0.15, 0.2) is 0 Å². The van der Waals surface area contributed by atoms with E-state index in [4.69, 9.17) is 4.74 Å². The Balaban J connectivity index is 1.58. The van der Waals surface area contributed by atoms with Gasteiger partial charge in [-0.3, -0.25) is 9.78 Å². The average Bonchev–Trinajstić information content (AvgIpc) is 2.63. The Morgan fingerprint density at radius 1 is 1.09 bits per heavy atom. The number of nitrogens with zero attached hydrogens (tertiary/aromatic N) is 2. The summed E-state index contributed by atoms with van der Waals surface area (Å²) in [5.41, 5.74) is 3.06. The Hall–Kier alpha value is -2.46. The molecule has 0 N–H and O–H groups in total. The summed E-state index contributed by atoms with van der Waals surface area (Å²) >= 11 is 0. The van der Waals surface area contributed by atoms with Gasteiger partial charge in [-0.1, -0.05) is 36.4 Å². The largest absolute Gasteiger partial charge is 0.378 e. The summed E-state index contributed by atoms with van der Waals surface area (Å²) in [6, 6.07) is 13.9. The van der Waals surface area contributed by atoms with E-state index in [1.54, 1.807) is 6.20 Å². The van der Waals surface area contributed by atoms with Gasteiger partial charge in [-0.15, -0.1) is 0 Å². The number of morpholine rings is 1. The fourth-order valence-corrected chi connectivity index (χ4v) is 2.50. The molecule has 1 fully saturated rings. The SMILES string of the molecule is O=C(Cc1ccc(/C=C/c2ccccn2)cc1)N1CCOCC1. The minimum absolute atomic E-state index is 0.171. The molecule has 0 atom stereocenters. The molecule has 0 radical (unpaired) electrons. The van der Waals surface area contributed by atoms with Crippen LogP contribution in [0.3, 0.4) is 0 Å². The van der Waals surface area contributed by atoms with Gasteiger partial charge in [-0.05, 0) is 29.3 Å². The third-order valence-corrected chi connectivity index (χ3v) is 3.83. The summed E-state index contributed by atoms with van der Waals surface area (Å²) in [4.78, 5) is 18.3. The molecule has 0 saturated carbocycles. The van der Waals surface area contributed by atoms with E-state index < -0.39 is 0 Å². The highest BCUT2D eigenvalue weighted by molar-refractivity contribution is 5.79. The number of carbonyl (C=O) groups is 1. The minimum Gasteiger partial charge on any atom is -0.378 e. The summed E-state index contributed by atoms with van der Waals surface area (Å²) in [5, 5.41) is 0. The molecule has 0 spiro atoms. The number of benzene rings is 1. The van der Waals surface area contributed by atoms with Crippen LogP contribution in [0.5, 0.6) is 0 Å². The number of hydrogen-bond donors (Lipinski definition) is 0. The number of pyridine rings is 1. The van der Waals surface area contributed by atoms with Crippen molar-refractivity contribution in [3.8, 4) is 0 Å². The second-order valence-corrected chi connectivity index (χ2v) is 5.50. The molecular formula is C19H20N2O2. The lowest BCUT2D eigenvalue weighted by Gasteiger charge is -2.26. The van der Waals surface area contributed by atoms with Crippen molar-refractivity contribution in [3.05, 3.63) is 65.5 Å². The summed E-state index contributed by atoms with van der Waals surface area (Å²) in [5.74, 6) is 0.171. The second kappa shape index (κ2) is 7.70. The molecular weight excluding hydrogens is 288 g/mol. The van der Waals surface area contributed by atoms with Gasteiger partial charge in [0, 0.05) is 19.3 Å². The minimum atomic E-state index is 0.171. The highest BCUT2D eigenvalue weighted by atomic mass is 16.5. The van der Waals surface area contributed by atoms with Crippen molar-refractivity contribution in [1.29, 1.82) is 0 Å². The number of ether oxygens (including phenoxy) is 1. The lowest BCUT2D eigenvalue weighted by molar-refractivity contribution is -0.134. The second-order valence-electron chi connectivity index (χ2n) is 5.50. The number of carbonyl (C=O) groups excluding carboxylic acids is 1. The molecule has 0 bridgehead atoms. The zero-order chi connectivity index (χ0) is 15.9. The Kier molecular flexibility index (Phi) is 5.17. The van der Waals surface area contributed by atoms with Gasteiger partial charge in [-0.25, -0.2) is 0 Å². The van der Waals surface area contributed by atoms with Gasteiger partial charge in [0.25, 0.3) is 0 Å². The van der Waals surface area contributed by atoms with E-state index >= 15 is 0 Å². The normalized spacial score (nSPS) is 15.0. The van der Waals surface area contributed by atoms with Gasteiger partial charge in [0.2, 0.25) is 5.91 Å². The molecule has 0 unspecified atom stereocenters. The first-order chi connectivity index (χ1) is 11.3. The van der Waals surface area contributed by atoms with Crippen molar-refractivity contribution in [1.82, 2.24) is 9.88 Å². The molecule has 0 aliphatic carbocycles. The van der Waals surface area contributed by atoms with Crippen LogP contribution in [0.25, 0.3) is 12.2 Å². The predicted molar refractivity (Wildman–Crippen MR) is 90.7 cm³/mol. The van der Waals surface area contributed by atoms with E-state index in [1.165, 1.54) is 0 Å². The lowest BCUT2D eigenvalue weighted by atomic mass is 10.1. The summed E-state index contributed by atoms with van der Waals surface area (Å²) in [6.07, 6.45) is 6.23. The van der Waals surface area contributed by atoms with Crippen molar-refractivity contribution in [2.45, 2.75) is 6.42 Å². The van der Waals surface area contributed by atoms with Crippen molar-refractivity contribution in [2.24, 2.45) is 0 Å². The Labute approximate surface area is 136 Å². The number of aromatic nitrogens is 1. The van der Waals surface area contributed by atoms with E-state index in [9.17, 15) is 4.79 Å². The van der Waals surface area contributed by atoms with E-state index in [0.29, 0.717) is 32.7 Å². The quantitative estimate of drug-likeness (QED) is 0.872. The maximum atomic E-state index is 12.2. The first-order valence-electron chi connectivity index (χ1n) is 7.85. The van der Waals surface area contributed by atoms with Crippen LogP contribution in [0.1, 0.15) is 16.8 Å². The molecule has 1 aliphatic heterocycles. The van der Waals surface area contributed by atoms with Gasteiger partial charge in [-0.2, -0.15) is 0 Å². The van der Waals surface area contributed by atoms with Crippen LogP contribution in [0.2, 0.25) is 0 Å². The van der Waals surface area contributed by atoms with Crippen LogP contribution < -0.4 is 0 Å². The summed E-state index contributed by atoms with van der Waals surface area (Å²) in [7, 11) is 0. The van der Waals surface area contributed by atoms with Crippen LogP contribution in [0.15, 0.2) is 48.7 Å². The molecule has 23 heavy (non-hydrogen) atoms. The smallest absolute Gasteiger partial charge is 0.227 e. The molecule has 1 aliphatic rings. The fraction of sp³-hybridized carbons (Fsp3) is 0.263. The van der Waals surface area contributed by atoms with Crippen molar-refractivity contribution >= 4 is 18.1 Å². The molecule has 118 valence electrons. The van der Waals surface area contributed by atoms with Crippen molar-refractivity contribution < 1.29 is 9.53 Å². The number of rotatable bonds is 4. The summed E-state index contributed by atoms with van der Waals surface area (Å²) < 4.78 is 5.27. The molecule has 4 nitrogen and oxygen atoms in total. The first-order valence-corrected chi connectivity index (χ1v) is 7.85. The van der Waals surface area contributed by atoms with Gasteiger partial charge < -0.3 is 9.64 Å². The molecule has 2 aromatic rings. The van der Waals surface area contributed by atoms with Crippen LogP contribution in [-0.4, -0.2) is 42.1 Å². The zero-order valence-electron chi connectivity index (χ0n) is 13.0. The Bertz CT molecular complexity index is 660. The summed E-state index contributed by atoms with van der Waals surface area (Å²) in [6.45, 7) is 2.68. The van der Waals surface area contributed by atoms with Gasteiger partial charge in [0.1, 0.15) is 0 Å². The molecule has 4 heteroatoms. The standard InChI is InChI=1S/C19H20N2O2/c22-19(21-11-13-23-14-12-21)15-17-6-4-16(5-7-17)8-9-18-3-1-2-10-20-18/h1-10H,11-15H2/b9-8+. The molecule has 3 rings (SSSR count). The molecule has 1 aromatic heterocycles. The molecule has 2 heterocycles. The van der Waals surface area contributed by atoms with Crippen LogP contribution in [-0.2, 0) is 16.0 Å². The topological polar surface area (TPSA) is 42.4 Å². The van der Waals surface area contributed by atoms with E-state index in [2.05, 4.69) is 4.98 Å². The zero-order valence-corrected chi connectivity index (χ0v) is 13.0. The fourth-order valence-electron chi connectivity index (χ4n) is 2.50. The maximum absolute atomic E-state index is 12.2. The Morgan fingerprint density at radius 3 is 2.57 bits per heavy atom. The van der Waals surface area contributed by atoms with Crippen molar-refractivity contribution in [2.75, 3.05) is 26.3 Å².